The third-order valence-electron chi connectivity index (χ3n) is 3.17. The average molecular weight is 243 g/mol. The molecule has 0 radical (unpaired) electrons. The summed E-state index contributed by atoms with van der Waals surface area (Å²) in [6.07, 6.45) is -0.380. The van der Waals surface area contributed by atoms with Crippen LogP contribution in [0.3, 0.4) is 0 Å². The van der Waals surface area contributed by atoms with Crippen molar-refractivity contribution in [2.24, 2.45) is 0 Å². The summed E-state index contributed by atoms with van der Waals surface area (Å²) >= 11 is 0. The van der Waals surface area contributed by atoms with Crippen LogP contribution in [0.1, 0.15) is 11.6 Å². The second kappa shape index (κ2) is 4.22. The lowest BCUT2D eigenvalue weighted by Gasteiger charge is -2.15. The van der Waals surface area contributed by atoms with Crippen molar-refractivity contribution in [1.29, 1.82) is 0 Å². The monoisotopic (exact) mass is 243 g/mol. The highest BCUT2D eigenvalue weighted by atomic mass is 16.6. The molecule has 18 heavy (non-hydrogen) atoms. The third kappa shape index (κ3) is 1.66. The molecule has 1 atom stereocenters. The molecule has 1 fully saturated rings. The standard InChI is InChI=1S/C14H13NO3/c1-17-12-7-6-9-4-2-3-5-10(9)13(12)11-8-18-14(16)15-11/h2-7,11H,8H2,1H3,(H,15,16)/t11-/m1/s1. The second-order valence-electron chi connectivity index (χ2n) is 4.20. The van der Waals surface area contributed by atoms with Crippen LogP contribution in [0, 0.1) is 0 Å². The molecule has 2 aromatic rings. The Morgan fingerprint density at radius 2 is 2.11 bits per heavy atom. The first-order valence-corrected chi connectivity index (χ1v) is 5.78. The molecule has 4 heteroatoms. The summed E-state index contributed by atoms with van der Waals surface area (Å²) in [5, 5.41) is 4.99. The Morgan fingerprint density at radius 1 is 1.28 bits per heavy atom. The van der Waals surface area contributed by atoms with Crippen LogP contribution in [0.2, 0.25) is 0 Å². The summed E-state index contributed by atoms with van der Waals surface area (Å²) in [7, 11) is 1.63. The van der Waals surface area contributed by atoms with Gasteiger partial charge in [-0.05, 0) is 16.8 Å². The number of rotatable bonds is 2. The molecule has 1 aliphatic heterocycles. The van der Waals surface area contributed by atoms with E-state index in [1.54, 1.807) is 7.11 Å². The number of ether oxygens (including phenoxy) is 2. The van der Waals surface area contributed by atoms with Gasteiger partial charge in [-0.25, -0.2) is 4.79 Å². The Kier molecular flexibility index (Phi) is 2.55. The smallest absolute Gasteiger partial charge is 0.407 e. The van der Waals surface area contributed by atoms with E-state index >= 15 is 0 Å². The van der Waals surface area contributed by atoms with Crippen molar-refractivity contribution in [3.05, 3.63) is 42.0 Å². The minimum absolute atomic E-state index is 0.154. The van der Waals surface area contributed by atoms with Crippen molar-refractivity contribution in [3.63, 3.8) is 0 Å². The zero-order valence-corrected chi connectivity index (χ0v) is 9.97. The van der Waals surface area contributed by atoms with Crippen LogP contribution in [0.4, 0.5) is 4.79 Å². The number of carbonyl (C=O) groups is 1. The lowest BCUT2D eigenvalue weighted by molar-refractivity contribution is 0.177. The third-order valence-corrected chi connectivity index (χ3v) is 3.17. The normalized spacial score (nSPS) is 18.5. The van der Waals surface area contributed by atoms with Crippen molar-refractivity contribution < 1.29 is 14.3 Å². The van der Waals surface area contributed by atoms with Crippen LogP contribution in [0.5, 0.6) is 5.75 Å². The van der Waals surface area contributed by atoms with Crippen LogP contribution in [-0.4, -0.2) is 19.8 Å². The Morgan fingerprint density at radius 3 is 2.83 bits per heavy atom. The maximum absolute atomic E-state index is 11.2. The highest BCUT2D eigenvalue weighted by Crippen LogP contribution is 2.34. The van der Waals surface area contributed by atoms with E-state index < -0.39 is 0 Å². The maximum Gasteiger partial charge on any atom is 0.407 e. The van der Waals surface area contributed by atoms with Crippen molar-refractivity contribution in [2.45, 2.75) is 6.04 Å². The first-order valence-electron chi connectivity index (χ1n) is 5.78. The number of alkyl carbamates (subject to hydrolysis) is 1. The van der Waals surface area contributed by atoms with Crippen LogP contribution in [0.25, 0.3) is 10.8 Å². The van der Waals surface area contributed by atoms with E-state index in [1.165, 1.54) is 0 Å². The summed E-state index contributed by atoms with van der Waals surface area (Å²) in [6, 6.07) is 11.8. The van der Waals surface area contributed by atoms with Gasteiger partial charge in [0.2, 0.25) is 0 Å². The highest BCUT2D eigenvalue weighted by molar-refractivity contribution is 5.89. The Labute approximate surface area is 105 Å². The molecule has 3 rings (SSSR count). The minimum atomic E-state index is -0.380. The number of hydrogen-bond acceptors (Lipinski definition) is 3. The highest BCUT2D eigenvalue weighted by Gasteiger charge is 2.27. The number of benzene rings is 2. The molecule has 1 saturated heterocycles. The fourth-order valence-electron chi connectivity index (χ4n) is 2.35. The van der Waals surface area contributed by atoms with Gasteiger partial charge in [0.15, 0.2) is 0 Å². The summed E-state index contributed by atoms with van der Waals surface area (Å²) < 4.78 is 10.4. The number of hydrogen-bond donors (Lipinski definition) is 1. The number of nitrogens with one attached hydrogen (secondary N) is 1. The van der Waals surface area contributed by atoms with Gasteiger partial charge in [-0.1, -0.05) is 30.3 Å². The van der Waals surface area contributed by atoms with Gasteiger partial charge in [-0.3, -0.25) is 0 Å². The van der Waals surface area contributed by atoms with Gasteiger partial charge in [0, 0.05) is 5.56 Å². The zero-order chi connectivity index (χ0) is 12.5. The molecule has 1 N–H and O–H groups in total. The molecule has 92 valence electrons. The van der Waals surface area contributed by atoms with Crippen molar-refractivity contribution >= 4 is 16.9 Å². The van der Waals surface area contributed by atoms with Gasteiger partial charge in [0.25, 0.3) is 0 Å². The number of fused-ring (bicyclic) bond motifs is 1. The Hall–Kier alpha value is -2.23. The van der Waals surface area contributed by atoms with E-state index in [-0.39, 0.29) is 12.1 Å². The molecule has 1 heterocycles. The first kappa shape index (κ1) is 10.9. The number of methoxy groups -OCH3 is 1. The Balaban J connectivity index is 2.20. The predicted octanol–water partition coefficient (Wildman–Crippen LogP) is 2.63. The number of amides is 1. The molecule has 0 bridgehead atoms. The maximum atomic E-state index is 11.2. The van der Waals surface area contributed by atoms with Gasteiger partial charge in [-0.2, -0.15) is 0 Å². The summed E-state index contributed by atoms with van der Waals surface area (Å²) in [5.41, 5.74) is 0.974. The van der Waals surface area contributed by atoms with E-state index in [0.717, 1.165) is 22.1 Å². The molecular weight excluding hydrogens is 230 g/mol. The molecule has 4 nitrogen and oxygen atoms in total. The van der Waals surface area contributed by atoms with Crippen molar-refractivity contribution in [3.8, 4) is 5.75 Å². The molecule has 0 aliphatic carbocycles. The molecule has 0 spiro atoms. The molecule has 1 amide bonds. The minimum Gasteiger partial charge on any atom is -0.496 e. The van der Waals surface area contributed by atoms with Crippen LogP contribution in [0.15, 0.2) is 36.4 Å². The fraction of sp³-hybridized carbons (Fsp3) is 0.214. The molecule has 0 saturated carbocycles. The fourth-order valence-corrected chi connectivity index (χ4v) is 2.35. The first-order chi connectivity index (χ1) is 8.79. The van der Waals surface area contributed by atoms with Gasteiger partial charge in [0.05, 0.1) is 13.2 Å². The van der Waals surface area contributed by atoms with Gasteiger partial charge in [0.1, 0.15) is 12.4 Å². The van der Waals surface area contributed by atoms with Crippen molar-refractivity contribution in [1.82, 2.24) is 5.32 Å². The molecule has 0 aromatic heterocycles. The van der Waals surface area contributed by atoms with Crippen LogP contribution >= 0.6 is 0 Å². The van der Waals surface area contributed by atoms with Gasteiger partial charge >= 0.3 is 6.09 Å². The average Bonchev–Trinajstić information content (AvgIpc) is 2.83. The molecule has 0 unspecified atom stereocenters. The van der Waals surface area contributed by atoms with Crippen LogP contribution < -0.4 is 10.1 Å². The SMILES string of the molecule is COc1ccc2ccccc2c1[C@H]1COC(=O)N1. The molecule has 2 aromatic carbocycles. The lowest BCUT2D eigenvalue weighted by Crippen LogP contribution is -2.19. The molecule has 1 aliphatic rings. The molecular formula is C14H13NO3. The summed E-state index contributed by atoms with van der Waals surface area (Å²) in [5.74, 6) is 0.768. The van der Waals surface area contributed by atoms with Gasteiger partial charge in [-0.15, -0.1) is 0 Å². The quantitative estimate of drug-likeness (QED) is 0.882. The van der Waals surface area contributed by atoms with E-state index in [9.17, 15) is 4.79 Å². The van der Waals surface area contributed by atoms with E-state index in [0.29, 0.717) is 6.61 Å². The summed E-state index contributed by atoms with van der Waals surface area (Å²) in [6.45, 7) is 0.337. The lowest BCUT2D eigenvalue weighted by atomic mass is 9.98. The van der Waals surface area contributed by atoms with E-state index in [1.807, 2.05) is 36.4 Å². The summed E-state index contributed by atoms with van der Waals surface area (Å²) in [4.78, 5) is 11.2. The Bertz CT molecular complexity index is 609. The largest absolute Gasteiger partial charge is 0.496 e. The van der Waals surface area contributed by atoms with E-state index in [4.69, 9.17) is 9.47 Å². The predicted molar refractivity (Wildman–Crippen MR) is 67.7 cm³/mol. The van der Waals surface area contributed by atoms with Crippen molar-refractivity contribution in [2.75, 3.05) is 13.7 Å². The van der Waals surface area contributed by atoms with Crippen LogP contribution in [-0.2, 0) is 4.74 Å². The number of cyclic esters (lactones) is 1. The topological polar surface area (TPSA) is 47.6 Å². The second-order valence-corrected chi connectivity index (χ2v) is 4.20. The number of carbonyl (C=O) groups excluding carboxylic acids is 1. The van der Waals surface area contributed by atoms with Gasteiger partial charge < -0.3 is 14.8 Å². The zero-order valence-electron chi connectivity index (χ0n) is 9.97. The van der Waals surface area contributed by atoms with E-state index in [2.05, 4.69) is 5.32 Å².